The summed E-state index contributed by atoms with van der Waals surface area (Å²) in [7, 11) is 0. The zero-order chi connectivity index (χ0) is 13.6. The molecule has 0 aliphatic heterocycles. The third kappa shape index (κ3) is 1.95. The van der Waals surface area contributed by atoms with Crippen molar-refractivity contribution < 1.29 is 0 Å². The molecule has 2 N–H and O–H groups in total. The highest BCUT2D eigenvalue weighted by Gasteiger charge is 2.21. The SMILES string of the molecule is CC(C)(C)c1csc2ccc3cnn(CCN)c3c12. The highest BCUT2D eigenvalue weighted by Crippen LogP contribution is 2.38. The second-order valence-electron chi connectivity index (χ2n) is 5.93. The smallest absolute Gasteiger partial charge is 0.0772 e. The molecule has 0 aliphatic rings. The van der Waals surface area contributed by atoms with E-state index in [0.29, 0.717) is 6.54 Å². The number of rotatable bonds is 2. The Morgan fingerprint density at radius 2 is 2.11 bits per heavy atom. The van der Waals surface area contributed by atoms with Gasteiger partial charge in [-0.05, 0) is 28.5 Å². The number of hydrogen-bond donors (Lipinski definition) is 1. The van der Waals surface area contributed by atoms with Gasteiger partial charge in [-0.25, -0.2) is 0 Å². The average molecular weight is 273 g/mol. The zero-order valence-electron chi connectivity index (χ0n) is 11.6. The maximum Gasteiger partial charge on any atom is 0.0772 e. The molecule has 1 aromatic carbocycles. The van der Waals surface area contributed by atoms with Gasteiger partial charge in [0.2, 0.25) is 0 Å². The summed E-state index contributed by atoms with van der Waals surface area (Å²) in [5, 5.41) is 9.31. The van der Waals surface area contributed by atoms with Gasteiger partial charge in [0.15, 0.2) is 0 Å². The molecule has 0 fully saturated rings. The van der Waals surface area contributed by atoms with E-state index in [1.807, 2.05) is 22.2 Å². The van der Waals surface area contributed by atoms with Crippen LogP contribution in [0.4, 0.5) is 0 Å². The lowest BCUT2D eigenvalue weighted by molar-refractivity contribution is 0.597. The maximum absolute atomic E-state index is 5.70. The summed E-state index contributed by atoms with van der Waals surface area (Å²) >= 11 is 1.81. The summed E-state index contributed by atoms with van der Waals surface area (Å²) in [6.45, 7) is 8.16. The molecule has 2 heterocycles. The molecule has 3 rings (SSSR count). The van der Waals surface area contributed by atoms with Crippen molar-refractivity contribution in [1.29, 1.82) is 0 Å². The Labute approximate surface area is 117 Å². The van der Waals surface area contributed by atoms with Crippen LogP contribution < -0.4 is 5.73 Å². The topological polar surface area (TPSA) is 43.8 Å². The second-order valence-corrected chi connectivity index (χ2v) is 6.84. The van der Waals surface area contributed by atoms with Gasteiger partial charge >= 0.3 is 0 Å². The number of benzene rings is 1. The Hall–Kier alpha value is -1.39. The van der Waals surface area contributed by atoms with Crippen molar-refractivity contribution in [2.24, 2.45) is 5.73 Å². The molecule has 3 aromatic rings. The molecule has 0 aliphatic carbocycles. The molecule has 0 saturated heterocycles. The van der Waals surface area contributed by atoms with E-state index in [4.69, 9.17) is 5.73 Å². The van der Waals surface area contributed by atoms with Crippen LogP contribution in [-0.2, 0) is 12.0 Å². The predicted molar refractivity (Wildman–Crippen MR) is 82.9 cm³/mol. The summed E-state index contributed by atoms with van der Waals surface area (Å²) in [6, 6.07) is 4.35. The quantitative estimate of drug-likeness (QED) is 0.776. The largest absolute Gasteiger partial charge is 0.329 e. The van der Waals surface area contributed by atoms with Crippen LogP contribution in [0.15, 0.2) is 23.7 Å². The van der Waals surface area contributed by atoms with Crippen LogP contribution in [0.25, 0.3) is 21.0 Å². The molecular weight excluding hydrogens is 254 g/mol. The lowest BCUT2D eigenvalue weighted by Gasteiger charge is -2.18. The van der Waals surface area contributed by atoms with Gasteiger partial charge in [-0.3, -0.25) is 4.68 Å². The number of nitrogens with zero attached hydrogens (tertiary/aromatic N) is 2. The fourth-order valence-corrected chi connectivity index (χ4v) is 3.73. The fourth-order valence-electron chi connectivity index (χ4n) is 2.54. The molecule has 0 bridgehead atoms. The fraction of sp³-hybridized carbons (Fsp3) is 0.400. The summed E-state index contributed by atoms with van der Waals surface area (Å²) in [5.41, 5.74) is 8.47. The number of nitrogens with two attached hydrogens (primary N) is 1. The molecule has 0 radical (unpaired) electrons. The summed E-state index contributed by atoms with van der Waals surface area (Å²) < 4.78 is 3.37. The van der Waals surface area contributed by atoms with Crippen molar-refractivity contribution in [3.63, 3.8) is 0 Å². The van der Waals surface area contributed by atoms with Gasteiger partial charge < -0.3 is 5.73 Å². The van der Waals surface area contributed by atoms with Gasteiger partial charge in [0.05, 0.1) is 18.3 Å². The van der Waals surface area contributed by atoms with E-state index in [1.165, 1.54) is 26.6 Å². The molecule has 4 heteroatoms. The van der Waals surface area contributed by atoms with Crippen LogP contribution in [0, 0.1) is 0 Å². The van der Waals surface area contributed by atoms with Crippen LogP contribution in [0.1, 0.15) is 26.3 Å². The molecule has 2 aromatic heterocycles. The highest BCUT2D eigenvalue weighted by atomic mass is 32.1. The Balaban J connectivity index is 2.42. The molecular formula is C15H19N3S. The van der Waals surface area contributed by atoms with Gasteiger partial charge in [-0.1, -0.05) is 20.8 Å². The lowest BCUT2D eigenvalue weighted by atomic mass is 9.86. The van der Waals surface area contributed by atoms with Crippen molar-refractivity contribution in [2.45, 2.75) is 32.7 Å². The number of fused-ring (bicyclic) bond motifs is 3. The van der Waals surface area contributed by atoms with E-state index in [0.717, 1.165) is 6.54 Å². The summed E-state index contributed by atoms with van der Waals surface area (Å²) in [6.07, 6.45) is 1.94. The Bertz CT molecular complexity index is 731. The number of thiophene rings is 1. The molecule has 100 valence electrons. The Morgan fingerprint density at radius 1 is 1.32 bits per heavy atom. The monoisotopic (exact) mass is 273 g/mol. The number of aromatic nitrogens is 2. The Kier molecular flexibility index (Phi) is 2.87. The van der Waals surface area contributed by atoms with Gasteiger partial charge in [0.25, 0.3) is 0 Å². The first-order chi connectivity index (χ1) is 9.02. The van der Waals surface area contributed by atoms with Crippen molar-refractivity contribution >= 4 is 32.3 Å². The molecule has 0 spiro atoms. The normalized spacial score (nSPS) is 12.6. The molecule has 3 nitrogen and oxygen atoms in total. The predicted octanol–water partition coefficient (Wildman–Crippen LogP) is 3.51. The molecule has 0 amide bonds. The molecule has 0 saturated carbocycles. The van der Waals surface area contributed by atoms with Crippen molar-refractivity contribution in [2.75, 3.05) is 6.54 Å². The number of hydrogen-bond acceptors (Lipinski definition) is 3. The molecule has 19 heavy (non-hydrogen) atoms. The van der Waals surface area contributed by atoms with Crippen LogP contribution in [0.2, 0.25) is 0 Å². The summed E-state index contributed by atoms with van der Waals surface area (Å²) in [4.78, 5) is 0. The first-order valence-electron chi connectivity index (χ1n) is 6.58. The molecule has 0 atom stereocenters. The van der Waals surface area contributed by atoms with Crippen LogP contribution >= 0.6 is 11.3 Å². The van der Waals surface area contributed by atoms with Crippen molar-refractivity contribution in [3.8, 4) is 0 Å². The maximum atomic E-state index is 5.70. The van der Waals surface area contributed by atoms with Crippen molar-refractivity contribution in [1.82, 2.24) is 9.78 Å². The first-order valence-corrected chi connectivity index (χ1v) is 7.46. The van der Waals surface area contributed by atoms with E-state index in [1.54, 1.807) is 0 Å². The summed E-state index contributed by atoms with van der Waals surface area (Å²) in [5.74, 6) is 0. The van der Waals surface area contributed by atoms with E-state index in [9.17, 15) is 0 Å². The first kappa shape index (κ1) is 12.6. The van der Waals surface area contributed by atoms with Gasteiger partial charge in [-0.15, -0.1) is 11.3 Å². The van der Waals surface area contributed by atoms with E-state index in [2.05, 4.69) is 43.4 Å². The van der Waals surface area contributed by atoms with Crippen LogP contribution in [0.3, 0.4) is 0 Å². The zero-order valence-corrected chi connectivity index (χ0v) is 12.4. The third-order valence-electron chi connectivity index (χ3n) is 3.49. The minimum atomic E-state index is 0.143. The standard InChI is InChI=1S/C15H19N3S/c1-15(2,3)11-9-19-12-5-4-10-8-17-18(7-6-16)14(10)13(11)12/h4-5,8-9H,6-7,16H2,1-3H3. The van der Waals surface area contributed by atoms with E-state index >= 15 is 0 Å². The van der Waals surface area contributed by atoms with Gasteiger partial charge in [0.1, 0.15) is 0 Å². The van der Waals surface area contributed by atoms with Crippen LogP contribution in [-0.4, -0.2) is 16.3 Å². The minimum absolute atomic E-state index is 0.143. The van der Waals surface area contributed by atoms with E-state index < -0.39 is 0 Å². The second kappa shape index (κ2) is 4.32. The minimum Gasteiger partial charge on any atom is -0.329 e. The lowest BCUT2D eigenvalue weighted by Crippen LogP contribution is -2.13. The van der Waals surface area contributed by atoms with Gasteiger partial charge in [-0.2, -0.15) is 5.10 Å². The highest BCUT2D eigenvalue weighted by molar-refractivity contribution is 7.17. The van der Waals surface area contributed by atoms with Crippen molar-refractivity contribution in [3.05, 3.63) is 29.3 Å². The molecule has 0 unspecified atom stereocenters. The van der Waals surface area contributed by atoms with Gasteiger partial charge in [0, 0.05) is 22.0 Å². The van der Waals surface area contributed by atoms with Crippen LogP contribution in [0.5, 0.6) is 0 Å². The average Bonchev–Trinajstić information content (AvgIpc) is 2.91. The van der Waals surface area contributed by atoms with E-state index in [-0.39, 0.29) is 5.41 Å². The Morgan fingerprint density at radius 3 is 2.79 bits per heavy atom. The third-order valence-corrected chi connectivity index (χ3v) is 4.43.